The van der Waals surface area contributed by atoms with Crippen molar-refractivity contribution in [3.63, 3.8) is 0 Å². The van der Waals surface area contributed by atoms with E-state index in [9.17, 15) is 5.11 Å². The Balaban J connectivity index is 2.91. The van der Waals surface area contributed by atoms with Gasteiger partial charge in [-0.2, -0.15) is 0 Å². The van der Waals surface area contributed by atoms with E-state index in [1.165, 1.54) is 0 Å². The van der Waals surface area contributed by atoms with Gasteiger partial charge in [-0.25, -0.2) is 0 Å². The highest BCUT2D eigenvalue weighted by Crippen LogP contribution is 2.34. The zero-order valence-corrected chi connectivity index (χ0v) is 11.9. The molecule has 0 aromatic heterocycles. The summed E-state index contributed by atoms with van der Waals surface area (Å²) >= 11 is 18.2. The third-order valence-electron chi connectivity index (χ3n) is 3.01. The monoisotopic (exact) mass is 295 g/mol. The number of benzene rings is 1. The van der Waals surface area contributed by atoms with Crippen molar-refractivity contribution in [2.75, 3.05) is 13.2 Å². The smallest absolute Gasteiger partial charge is 0.0639 e. The third-order valence-corrected chi connectivity index (χ3v) is 4.20. The second kappa shape index (κ2) is 6.81. The predicted octanol–water partition coefficient (Wildman–Crippen LogP) is 3.39. The van der Waals surface area contributed by atoms with Gasteiger partial charge < -0.3 is 10.8 Å². The molecular formula is C12H16Cl3NO. The van der Waals surface area contributed by atoms with E-state index in [4.69, 9.17) is 40.5 Å². The van der Waals surface area contributed by atoms with Crippen LogP contribution in [0, 0.1) is 11.8 Å². The Bertz CT molecular complexity index is 380. The minimum absolute atomic E-state index is 0.0427. The molecule has 0 radical (unpaired) electrons. The van der Waals surface area contributed by atoms with Crippen molar-refractivity contribution in [1.29, 1.82) is 0 Å². The molecule has 0 heterocycles. The summed E-state index contributed by atoms with van der Waals surface area (Å²) in [7, 11) is 0. The molecule has 1 rings (SSSR count). The lowest BCUT2D eigenvalue weighted by molar-refractivity contribution is 0.187. The van der Waals surface area contributed by atoms with Crippen molar-refractivity contribution in [3.8, 4) is 0 Å². The first-order chi connectivity index (χ1) is 8.01. The summed E-state index contributed by atoms with van der Waals surface area (Å²) in [4.78, 5) is 0. The molecule has 0 bridgehead atoms. The quantitative estimate of drug-likeness (QED) is 0.818. The topological polar surface area (TPSA) is 46.2 Å². The molecule has 17 heavy (non-hydrogen) atoms. The predicted molar refractivity (Wildman–Crippen MR) is 74.0 cm³/mol. The molecule has 0 saturated heterocycles. The highest BCUT2D eigenvalue weighted by molar-refractivity contribution is 6.44. The summed E-state index contributed by atoms with van der Waals surface area (Å²) < 4.78 is 0. The maximum atomic E-state index is 9.20. The van der Waals surface area contributed by atoms with E-state index in [1.807, 2.05) is 6.92 Å². The molecule has 0 amide bonds. The number of hydrogen-bond acceptors (Lipinski definition) is 2. The largest absolute Gasteiger partial charge is 0.396 e. The molecule has 0 fully saturated rings. The molecule has 2 nitrogen and oxygen atoms in total. The number of rotatable bonds is 5. The van der Waals surface area contributed by atoms with Gasteiger partial charge in [-0.05, 0) is 42.5 Å². The van der Waals surface area contributed by atoms with Crippen LogP contribution in [0.3, 0.4) is 0 Å². The summed E-state index contributed by atoms with van der Waals surface area (Å²) in [6, 6.07) is 3.40. The van der Waals surface area contributed by atoms with E-state index in [-0.39, 0.29) is 18.4 Å². The van der Waals surface area contributed by atoms with Gasteiger partial charge in [0.2, 0.25) is 0 Å². The van der Waals surface area contributed by atoms with Crippen LogP contribution < -0.4 is 5.73 Å². The van der Waals surface area contributed by atoms with Gasteiger partial charge in [0.1, 0.15) is 0 Å². The molecule has 1 aromatic rings. The molecule has 0 aliphatic heterocycles. The average molecular weight is 297 g/mol. The lowest BCUT2D eigenvalue weighted by Crippen LogP contribution is -2.26. The first-order valence-corrected chi connectivity index (χ1v) is 6.57. The first-order valence-electron chi connectivity index (χ1n) is 5.44. The Morgan fingerprint density at radius 1 is 1.24 bits per heavy atom. The van der Waals surface area contributed by atoms with E-state index in [2.05, 4.69) is 0 Å². The van der Waals surface area contributed by atoms with Crippen LogP contribution in [0.4, 0.5) is 0 Å². The van der Waals surface area contributed by atoms with Gasteiger partial charge in [-0.15, -0.1) is 0 Å². The molecule has 0 aliphatic carbocycles. The van der Waals surface area contributed by atoms with Crippen molar-refractivity contribution in [1.82, 2.24) is 0 Å². The molecule has 2 unspecified atom stereocenters. The van der Waals surface area contributed by atoms with Gasteiger partial charge in [0.25, 0.3) is 0 Å². The number of hydrogen-bond donors (Lipinski definition) is 2. The maximum Gasteiger partial charge on any atom is 0.0639 e. The van der Waals surface area contributed by atoms with Gasteiger partial charge in [0.15, 0.2) is 0 Å². The molecule has 5 heteroatoms. The standard InChI is InChI=1S/C12H16Cl3NO/c1-7(8(5-16)6-17)4-9-10(13)2-3-11(14)12(9)15/h2-3,7-8,17H,4-6,16H2,1H3. The van der Waals surface area contributed by atoms with Crippen LogP contribution in [-0.4, -0.2) is 18.3 Å². The van der Waals surface area contributed by atoms with E-state index in [0.717, 1.165) is 5.56 Å². The summed E-state index contributed by atoms with van der Waals surface area (Å²) in [6.07, 6.45) is 0.653. The van der Waals surface area contributed by atoms with E-state index >= 15 is 0 Å². The Labute approximate surface area is 117 Å². The van der Waals surface area contributed by atoms with Gasteiger partial charge in [-0.1, -0.05) is 41.7 Å². The number of nitrogens with two attached hydrogens (primary N) is 1. The molecule has 96 valence electrons. The van der Waals surface area contributed by atoms with Crippen molar-refractivity contribution >= 4 is 34.8 Å². The Morgan fingerprint density at radius 2 is 1.82 bits per heavy atom. The Hall–Kier alpha value is 0.01000. The van der Waals surface area contributed by atoms with Crippen molar-refractivity contribution < 1.29 is 5.11 Å². The van der Waals surface area contributed by atoms with Crippen LogP contribution >= 0.6 is 34.8 Å². The van der Waals surface area contributed by atoms with Crippen molar-refractivity contribution in [3.05, 3.63) is 32.8 Å². The zero-order chi connectivity index (χ0) is 13.0. The average Bonchev–Trinajstić information content (AvgIpc) is 2.31. The molecule has 1 aromatic carbocycles. The van der Waals surface area contributed by atoms with E-state index in [0.29, 0.717) is 28.0 Å². The molecule has 0 spiro atoms. The summed E-state index contributed by atoms with van der Waals surface area (Å²) in [6.45, 7) is 2.52. The van der Waals surface area contributed by atoms with Gasteiger partial charge >= 0.3 is 0 Å². The van der Waals surface area contributed by atoms with Crippen LogP contribution in [0.5, 0.6) is 0 Å². The molecule has 3 N–H and O–H groups in total. The molecule has 2 atom stereocenters. The van der Waals surface area contributed by atoms with E-state index < -0.39 is 0 Å². The fraction of sp³-hybridized carbons (Fsp3) is 0.500. The van der Waals surface area contributed by atoms with Crippen LogP contribution in [0.15, 0.2) is 12.1 Å². The molecular weight excluding hydrogens is 280 g/mol. The fourth-order valence-electron chi connectivity index (χ4n) is 1.73. The first kappa shape index (κ1) is 15.1. The lowest BCUT2D eigenvalue weighted by atomic mass is 9.89. The van der Waals surface area contributed by atoms with Gasteiger partial charge in [0, 0.05) is 11.6 Å². The minimum atomic E-state index is 0.0427. The highest BCUT2D eigenvalue weighted by Gasteiger charge is 2.19. The summed E-state index contributed by atoms with van der Waals surface area (Å²) in [5, 5.41) is 10.8. The molecule has 0 saturated carbocycles. The van der Waals surface area contributed by atoms with Crippen LogP contribution in [0.1, 0.15) is 12.5 Å². The number of aliphatic hydroxyl groups excluding tert-OH is 1. The molecule has 0 aliphatic rings. The van der Waals surface area contributed by atoms with Gasteiger partial charge in [0.05, 0.1) is 10.0 Å². The van der Waals surface area contributed by atoms with Gasteiger partial charge in [-0.3, -0.25) is 0 Å². The second-order valence-corrected chi connectivity index (χ2v) is 5.37. The maximum absolute atomic E-state index is 9.20. The highest BCUT2D eigenvalue weighted by atomic mass is 35.5. The van der Waals surface area contributed by atoms with Crippen molar-refractivity contribution in [2.45, 2.75) is 13.3 Å². The summed E-state index contributed by atoms with van der Waals surface area (Å²) in [5.41, 5.74) is 6.41. The third kappa shape index (κ3) is 3.73. The SMILES string of the molecule is CC(Cc1c(Cl)ccc(Cl)c1Cl)C(CN)CO. The fourth-order valence-corrected chi connectivity index (χ4v) is 2.43. The summed E-state index contributed by atoms with van der Waals surface area (Å²) in [5.74, 6) is 0.236. The van der Waals surface area contributed by atoms with Crippen LogP contribution in [0.2, 0.25) is 15.1 Å². The lowest BCUT2D eigenvalue weighted by Gasteiger charge is -2.21. The zero-order valence-electron chi connectivity index (χ0n) is 9.59. The Morgan fingerprint density at radius 3 is 2.35 bits per heavy atom. The number of aliphatic hydroxyl groups is 1. The second-order valence-electron chi connectivity index (χ2n) is 4.18. The normalized spacial score (nSPS) is 14.7. The van der Waals surface area contributed by atoms with E-state index in [1.54, 1.807) is 12.1 Å². The minimum Gasteiger partial charge on any atom is -0.396 e. The van der Waals surface area contributed by atoms with Crippen molar-refractivity contribution in [2.24, 2.45) is 17.6 Å². The number of halogens is 3. The van der Waals surface area contributed by atoms with Crippen LogP contribution in [0.25, 0.3) is 0 Å². The Kier molecular flexibility index (Phi) is 6.04. The van der Waals surface area contributed by atoms with Crippen LogP contribution in [-0.2, 0) is 6.42 Å².